The second-order valence-electron chi connectivity index (χ2n) is 8.00. The van der Waals surface area contributed by atoms with Crippen LogP contribution < -0.4 is 4.90 Å². The second-order valence-corrected chi connectivity index (χ2v) is 8.00. The van der Waals surface area contributed by atoms with Crippen LogP contribution >= 0.6 is 0 Å². The molecule has 3 aromatic rings. The first-order chi connectivity index (χ1) is 14.9. The van der Waals surface area contributed by atoms with Gasteiger partial charge in [-0.2, -0.15) is 0 Å². The van der Waals surface area contributed by atoms with Gasteiger partial charge >= 0.3 is 5.91 Å². The van der Waals surface area contributed by atoms with Gasteiger partial charge in [-0.25, -0.2) is 4.98 Å². The summed E-state index contributed by atoms with van der Waals surface area (Å²) in [6.45, 7) is 6.05. The molecule has 1 fully saturated rings. The van der Waals surface area contributed by atoms with Gasteiger partial charge in [0.05, 0.1) is 11.6 Å². The molecule has 1 aliphatic heterocycles. The van der Waals surface area contributed by atoms with Crippen LogP contribution in [0.4, 0.5) is 5.82 Å². The topological polar surface area (TPSA) is 70.5 Å². The summed E-state index contributed by atoms with van der Waals surface area (Å²) >= 11 is 0. The average molecular weight is 412 g/mol. The van der Waals surface area contributed by atoms with Crippen molar-refractivity contribution in [1.29, 1.82) is 0 Å². The highest BCUT2D eigenvalue weighted by molar-refractivity contribution is 6.51. The third-order valence-electron chi connectivity index (χ3n) is 5.62. The van der Waals surface area contributed by atoms with Gasteiger partial charge in [0.1, 0.15) is 11.6 Å². The largest absolute Gasteiger partial charge is 0.507 e. The molecule has 0 spiro atoms. The number of anilines is 1. The Labute approximate surface area is 181 Å². The van der Waals surface area contributed by atoms with E-state index in [1.54, 1.807) is 36.5 Å². The lowest BCUT2D eigenvalue weighted by atomic mass is 9.93. The van der Waals surface area contributed by atoms with Crippen LogP contribution in [-0.2, 0) is 9.59 Å². The van der Waals surface area contributed by atoms with Gasteiger partial charge in [-0.1, -0.05) is 74.5 Å². The summed E-state index contributed by atoms with van der Waals surface area (Å²) in [5.74, 6) is -0.841. The normalized spacial score (nSPS) is 18.1. The van der Waals surface area contributed by atoms with E-state index in [4.69, 9.17) is 0 Å². The highest BCUT2D eigenvalue weighted by Crippen LogP contribution is 2.42. The molecule has 0 radical (unpaired) electrons. The van der Waals surface area contributed by atoms with Gasteiger partial charge in [0.2, 0.25) is 0 Å². The van der Waals surface area contributed by atoms with Crippen LogP contribution in [0.3, 0.4) is 0 Å². The molecule has 1 N–H and O–H groups in total. The lowest BCUT2D eigenvalue weighted by Crippen LogP contribution is -2.30. The van der Waals surface area contributed by atoms with Crippen molar-refractivity contribution < 1.29 is 14.7 Å². The van der Waals surface area contributed by atoms with Gasteiger partial charge in [-0.05, 0) is 35.6 Å². The summed E-state index contributed by atoms with van der Waals surface area (Å²) in [7, 11) is 0. The molecule has 0 saturated carbocycles. The molecule has 156 valence electrons. The standard InChI is InChI=1S/C26H24N2O3/c1-16(2)18-11-13-19(14-12-18)22-21(23(29)20-9-5-4-6-10-20)24(30)26(31)28(22)25-17(3)8-7-15-27-25/h4-16,22,29H,1-3H3/t22-/m0/s1. The number of aromatic nitrogens is 1. The zero-order valence-electron chi connectivity index (χ0n) is 17.7. The maximum absolute atomic E-state index is 13.2. The highest BCUT2D eigenvalue weighted by Gasteiger charge is 2.47. The number of carbonyl (C=O) groups is 2. The minimum atomic E-state index is -0.769. The first-order valence-electron chi connectivity index (χ1n) is 10.3. The highest BCUT2D eigenvalue weighted by atomic mass is 16.3. The summed E-state index contributed by atoms with van der Waals surface area (Å²) in [5, 5.41) is 11.1. The number of ketones is 1. The molecule has 31 heavy (non-hydrogen) atoms. The van der Waals surface area contributed by atoms with E-state index in [9.17, 15) is 14.7 Å². The molecular formula is C26H24N2O3. The van der Waals surface area contributed by atoms with Crippen LogP contribution in [0.1, 0.15) is 48.1 Å². The van der Waals surface area contributed by atoms with Gasteiger partial charge in [0.15, 0.2) is 0 Å². The Morgan fingerprint density at radius 3 is 2.26 bits per heavy atom. The second kappa shape index (κ2) is 8.19. The molecule has 2 aromatic carbocycles. The molecule has 5 heteroatoms. The SMILES string of the molecule is Cc1cccnc1N1C(=O)C(=O)C(=C(O)c2ccccc2)[C@@H]1c1ccc(C(C)C)cc1. The van der Waals surface area contributed by atoms with Crippen molar-refractivity contribution in [3.05, 3.63) is 101 Å². The Morgan fingerprint density at radius 1 is 0.968 bits per heavy atom. The summed E-state index contributed by atoms with van der Waals surface area (Å²) in [4.78, 5) is 32.1. The van der Waals surface area contributed by atoms with E-state index >= 15 is 0 Å². The van der Waals surface area contributed by atoms with Crippen LogP contribution in [0.2, 0.25) is 0 Å². The van der Waals surface area contributed by atoms with Gasteiger partial charge in [0.25, 0.3) is 5.78 Å². The average Bonchev–Trinajstić information content (AvgIpc) is 3.05. The number of aliphatic hydroxyl groups excluding tert-OH is 1. The van der Waals surface area contributed by atoms with E-state index in [1.165, 1.54) is 4.90 Å². The number of aryl methyl sites for hydroxylation is 1. The molecule has 0 bridgehead atoms. The van der Waals surface area contributed by atoms with Crippen molar-refractivity contribution in [3.63, 3.8) is 0 Å². The smallest absolute Gasteiger partial charge is 0.301 e. The van der Waals surface area contributed by atoms with Crippen LogP contribution in [0, 0.1) is 6.92 Å². The van der Waals surface area contributed by atoms with Gasteiger partial charge < -0.3 is 5.11 Å². The molecule has 4 rings (SSSR count). The molecule has 1 amide bonds. The van der Waals surface area contributed by atoms with E-state index in [0.29, 0.717) is 17.3 Å². The summed E-state index contributed by atoms with van der Waals surface area (Å²) in [6, 6.07) is 19.5. The van der Waals surface area contributed by atoms with Gasteiger partial charge in [-0.3, -0.25) is 14.5 Å². The number of aliphatic hydroxyl groups is 1. The minimum absolute atomic E-state index is 0.0681. The number of Topliss-reactive ketones (excluding diaryl/α,β-unsaturated/α-hetero) is 1. The fraction of sp³-hybridized carbons (Fsp3) is 0.192. The summed E-state index contributed by atoms with van der Waals surface area (Å²) in [5.41, 5.74) is 3.22. The minimum Gasteiger partial charge on any atom is -0.507 e. The predicted molar refractivity (Wildman–Crippen MR) is 121 cm³/mol. The van der Waals surface area contributed by atoms with Crippen molar-refractivity contribution >= 4 is 23.3 Å². The van der Waals surface area contributed by atoms with Gasteiger partial charge in [0, 0.05) is 11.8 Å². The molecule has 0 aliphatic carbocycles. The van der Waals surface area contributed by atoms with Crippen molar-refractivity contribution in [2.75, 3.05) is 4.90 Å². The van der Waals surface area contributed by atoms with Crippen LogP contribution in [0.25, 0.3) is 5.76 Å². The monoisotopic (exact) mass is 412 g/mol. The van der Waals surface area contributed by atoms with Crippen LogP contribution in [0.15, 0.2) is 78.5 Å². The maximum atomic E-state index is 13.2. The summed E-state index contributed by atoms with van der Waals surface area (Å²) in [6.07, 6.45) is 1.60. The third-order valence-corrected chi connectivity index (χ3v) is 5.62. The van der Waals surface area contributed by atoms with Crippen molar-refractivity contribution in [1.82, 2.24) is 4.98 Å². The maximum Gasteiger partial charge on any atom is 0.301 e. The van der Waals surface area contributed by atoms with Crippen molar-refractivity contribution in [3.8, 4) is 0 Å². The molecule has 1 aliphatic rings. The molecule has 1 aromatic heterocycles. The first kappa shape index (κ1) is 20.5. The number of amides is 1. The molecule has 1 saturated heterocycles. The molecular weight excluding hydrogens is 388 g/mol. The number of pyridine rings is 1. The van der Waals surface area contributed by atoms with Gasteiger partial charge in [-0.15, -0.1) is 0 Å². The van der Waals surface area contributed by atoms with Crippen LogP contribution in [0.5, 0.6) is 0 Å². The fourth-order valence-corrected chi connectivity index (χ4v) is 3.91. The lowest BCUT2D eigenvalue weighted by molar-refractivity contribution is -0.132. The molecule has 2 heterocycles. The molecule has 5 nitrogen and oxygen atoms in total. The Hall–Kier alpha value is -3.73. The zero-order chi connectivity index (χ0) is 22.1. The van der Waals surface area contributed by atoms with Crippen molar-refractivity contribution in [2.24, 2.45) is 0 Å². The lowest BCUT2D eigenvalue weighted by Gasteiger charge is -2.26. The number of benzene rings is 2. The Kier molecular flexibility index (Phi) is 5.42. The molecule has 1 atom stereocenters. The third kappa shape index (κ3) is 3.63. The first-order valence-corrected chi connectivity index (χ1v) is 10.3. The van der Waals surface area contributed by atoms with E-state index < -0.39 is 17.7 Å². The fourth-order valence-electron chi connectivity index (χ4n) is 3.91. The predicted octanol–water partition coefficient (Wildman–Crippen LogP) is 5.14. The molecule has 0 unspecified atom stereocenters. The van der Waals surface area contributed by atoms with E-state index in [1.807, 2.05) is 43.3 Å². The number of hydrogen-bond acceptors (Lipinski definition) is 4. The van der Waals surface area contributed by atoms with Crippen LogP contribution in [-0.4, -0.2) is 21.8 Å². The Balaban J connectivity index is 1.94. The number of nitrogens with zero attached hydrogens (tertiary/aromatic N) is 2. The van der Waals surface area contributed by atoms with E-state index in [2.05, 4.69) is 18.8 Å². The number of rotatable bonds is 4. The Morgan fingerprint density at radius 2 is 1.65 bits per heavy atom. The number of hydrogen-bond donors (Lipinski definition) is 1. The summed E-state index contributed by atoms with van der Waals surface area (Å²) < 4.78 is 0. The van der Waals surface area contributed by atoms with E-state index in [-0.39, 0.29) is 11.3 Å². The number of carbonyl (C=O) groups excluding carboxylic acids is 2. The van der Waals surface area contributed by atoms with Crippen molar-refractivity contribution in [2.45, 2.75) is 32.7 Å². The quantitative estimate of drug-likeness (QED) is 0.366. The zero-order valence-corrected chi connectivity index (χ0v) is 17.7. The van der Waals surface area contributed by atoms with E-state index in [0.717, 1.165) is 16.7 Å². The Bertz CT molecular complexity index is 1160.